The summed E-state index contributed by atoms with van der Waals surface area (Å²) in [5.74, 6) is 0.815. The highest BCUT2D eigenvalue weighted by Crippen LogP contribution is 2.25. The van der Waals surface area contributed by atoms with Gasteiger partial charge in [-0.15, -0.1) is 11.3 Å². The predicted molar refractivity (Wildman–Crippen MR) is 85.2 cm³/mol. The second-order valence-corrected chi connectivity index (χ2v) is 6.68. The summed E-state index contributed by atoms with van der Waals surface area (Å²) >= 11 is 1.67. The molecule has 0 aliphatic rings. The van der Waals surface area contributed by atoms with Crippen molar-refractivity contribution in [1.82, 2.24) is 0 Å². The van der Waals surface area contributed by atoms with Crippen LogP contribution in [0.2, 0.25) is 0 Å². The van der Waals surface area contributed by atoms with Crippen LogP contribution in [0.4, 0.5) is 0 Å². The lowest BCUT2D eigenvalue weighted by molar-refractivity contribution is 0.112. The van der Waals surface area contributed by atoms with E-state index in [0.29, 0.717) is 0 Å². The number of hydrogen-bond donors (Lipinski definition) is 0. The van der Waals surface area contributed by atoms with Crippen LogP contribution in [0.25, 0.3) is 0 Å². The summed E-state index contributed by atoms with van der Waals surface area (Å²) in [6.45, 7) is 4.53. The fraction of sp³-hybridized carbons (Fsp3) is 0.706. The maximum Gasteiger partial charge on any atom is 0.160 e. The Morgan fingerprint density at radius 2 is 1.79 bits per heavy atom. The zero-order chi connectivity index (χ0) is 13.9. The molecule has 0 fully saturated rings. The Bertz CT molecular complexity index is 343. The lowest BCUT2D eigenvalue weighted by Gasteiger charge is -2.15. The predicted octanol–water partition coefficient (Wildman–Crippen LogP) is 5.88. The van der Waals surface area contributed by atoms with Crippen LogP contribution < -0.4 is 0 Å². The second kappa shape index (κ2) is 10.2. The van der Waals surface area contributed by atoms with Crippen LogP contribution in [0.15, 0.2) is 12.1 Å². The van der Waals surface area contributed by atoms with E-state index in [1.807, 2.05) is 6.07 Å². The molecule has 1 aromatic heterocycles. The van der Waals surface area contributed by atoms with E-state index in [9.17, 15) is 4.79 Å². The Morgan fingerprint density at radius 1 is 1.05 bits per heavy atom. The number of thiophene rings is 1. The van der Waals surface area contributed by atoms with E-state index in [4.69, 9.17) is 0 Å². The fourth-order valence-corrected chi connectivity index (χ4v) is 3.50. The van der Waals surface area contributed by atoms with Crippen LogP contribution in [0.5, 0.6) is 0 Å². The van der Waals surface area contributed by atoms with Crippen molar-refractivity contribution >= 4 is 17.6 Å². The number of carbonyl (C=O) groups excluding carboxylic acids is 1. The minimum Gasteiger partial charge on any atom is -0.297 e. The highest BCUT2D eigenvalue weighted by Gasteiger charge is 2.11. The first-order valence-electron chi connectivity index (χ1n) is 7.84. The molecule has 1 rings (SSSR count). The third kappa shape index (κ3) is 6.91. The van der Waals surface area contributed by atoms with Gasteiger partial charge in [-0.1, -0.05) is 65.2 Å². The van der Waals surface area contributed by atoms with Gasteiger partial charge in [0.1, 0.15) is 0 Å². The molecule has 0 amide bonds. The Balaban J connectivity index is 2.40. The van der Waals surface area contributed by atoms with E-state index >= 15 is 0 Å². The molecule has 0 saturated carbocycles. The third-order valence-electron chi connectivity index (χ3n) is 3.72. The summed E-state index contributed by atoms with van der Waals surface area (Å²) in [6, 6.07) is 4.10. The first-order chi connectivity index (χ1) is 9.30. The van der Waals surface area contributed by atoms with Gasteiger partial charge in [0.2, 0.25) is 0 Å². The maximum absolute atomic E-state index is 10.7. The zero-order valence-corrected chi connectivity index (χ0v) is 13.3. The van der Waals surface area contributed by atoms with E-state index in [1.165, 1.54) is 62.7 Å². The van der Waals surface area contributed by atoms with Crippen LogP contribution in [-0.2, 0) is 6.42 Å². The summed E-state index contributed by atoms with van der Waals surface area (Å²) in [5, 5.41) is 0. The van der Waals surface area contributed by atoms with Crippen LogP contribution in [-0.4, -0.2) is 6.29 Å². The van der Waals surface area contributed by atoms with Gasteiger partial charge in [0.25, 0.3) is 0 Å². The Hall–Kier alpha value is -0.630. The van der Waals surface area contributed by atoms with Crippen molar-refractivity contribution in [3.8, 4) is 0 Å². The molecule has 1 nitrogen and oxygen atoms in total. The number of aldehydes is 1. The van der Waals surface area contributed by atoms with Crippen molar-refractivity contribution < 1.29 is 4.79 Å². The van der Waals surface area contributed by atoms with E-state index in [2.05, 4.69) is 19.9 Å². The number of carbonyl (C=O) groups is 1. The normalized spacial score (nSPS) is 12.5. The van der Waals surface area contributed by atoms with Crippen LogP contribution in [0.3, 0.4) is 0 Å². The topological polar surface area (TPSA) is 17.1 Å². The van der Waals surface area contributed by atoms with E-state index in [0.717, 1.165) is 17.1 Å². The van der Waals surface area contributed by atoms with Crippen molar-refractivity contribution in [2.75, 3.05) is 0 Å². The second-order valence-electron chi connectivity index (χ2n) is 5.48. The Morgan fingerprint density at radius 3 is 2.42 bits per heavy atom. The smallest absolute Gasteiger partial charge is 0.160 e. The summed E-state index contributed by atoms with van der Waals surface area (Å²) in [4.78, 5) is 13.0. The molecule has 1 aromatic rings. The molecule has 19 heavy (non-hydrogen) atoms. The molecule has 1 unspecified atom stereocenters. The molecule has 0 radical (unpaired) electrons. The van der Waals surface area contributed by atoms with Crippen molar-refractivity contribution in [2.24, 2.45) is 5.92 Å². The summed E-state index contributed by atoms with van der Waals surface area (Å²) in [6.07, 6.45) is 12.9. The molecule has 0 N–H and O–H groups in total. The summed E-state index contributed by atoms with van der Waals surface area (Å²) < 4.78 is 0. The van der Waals surface area contributed by atoms with Gasteiger partial charge in [0, 0.05) is 4.88 Å². The first kappa shape index (κ1) is 16.4. The molecule has 0 aromatic carbocycles. The van der Waals surface area contributed by atoms with Crippen LogP contribution >= 0.6 is 11.3 Å². The van der Waals surface area contributed by atoms with Gasteiger partial charge in [0.05, 0.1) is 4.88 Å². The number of unbranched alkanes of at least 4 members (excludes halogenated alkanes) is 4. The summed E-state index contributed by atoms with van der Waals surface area (Å²) in [5.41, 5.74) is 0. The van der Waals surface area contributed by atoms with Crippen molar-refractivity contribution in [3.05, 3.63) is 21.9 Å². The highest BCUT2D eigenvalue weighted by atomic mass is 32.1. The van der Waals surface area contributed by atoms with E-state index in [1.54, 1.807) is 11.3 Å². The first-order valence-corrected chi connectivity index (χ1v) is 8.65. The van der Waals surface area contributed by atoms with Crippen molar-refractivity contribution in [3.63, 3.8) is 0 Å². The van der Waals surface area contributed by atoms with E-state index in [-0.39, 0.29) is 0 Å². The monoisotopic (exact) mass is 280 g/mol. The minimum atomic E-state index is 0.815. The number of rotatable bonds is 11. The van der Waals surface area contributed by atoms with E-state index < -0.39 is 0 Å². The molecule has 2 heteroatoms. The molecule has 0 aliphatic heterocycles. The molecule has 0 aliphatic carbocycles. The van der Waals surface area contributed by atoms with Crippen LogP contribution in [0.1, 0.15) is 79.8 Å². The molecule has 1 atom stereocenters. The van der Waals surface area contributed by atoms with Gasteiger partial charge in [-0.3, -0.25) is 4.79 Å². The number of hydrogen-bond acceptors (Lipinski definition) is 2. The average molecular weight is 280 g/mol. The van der Waals surface area contributed by atoms with Gasteiger partial charge in [-0.25, -0.2) is 0 Å². The molecule has 0 bridgehead atoms. The van der Waals surface area contributed by atoms with Gasteiger partial charge in [-0.05, 0) is 24.5 Å². The quantitative estimate of drug-likeness (QED) is 0.365. The molecule has 0 spiro atoms. The fourth-order valence-electron chi connectivity index (χ4n) is 2.55. The van der Waals surface area contributed by atoms with Crippen molar-refractivity contribution in [2.45, 2.75) is 71.6 Å². The van der Waals surface area contributed by atoms with Gasteiger partial charge in [0.15, 0.2) is 6.29 Å². The lowest BCUT2D eigenvalue weighted by Crippen LogP contribution is -2.04. The lowest BCUT2D eigenvalue weighted by atomic mass is 9.92. The SMILES string of the molecule is CCCCCCC(CCCC)Cc1ccc(C=O)s1. The van der Waals surface area contributed by atoms with Crippen molar-refractivity contribution in [1.29, 1.82) is 0 Å². The summed E-state index contributed by atoms with van der Waals surface area (Å²) in [7, 11) is 0. The van der Waals surface area contributed by atoms with Gasteiger partial charge >= 0.3 is 0 Å². The molecular formula is C17H28OS. The molecule has 108 valence electrons. The standard InChI is InChI=1S/C17H28OS/c1-3-5-7-8-10-15(9-6-4-2)13-16-11-12-17(14-18)19-16/h11-12,14-15H,3-10,13H2,1-2H3. The highest BCUT2D eigenvalue weighted by molar-refractivity contribution is 7.13. The molecule has 1 heterocycles. The Labute approximate surface area is 122 Å². The maximum atomic E-state index is 10.7. The largest absolute Gasteiger partial charge is 0.297 e. The van der Waals surface area contributed by atoms with Crippen LogP contribution in [0, 0.1) is 5.92 Å². The minimum absolute atomic E-state index is 0.815. The Kier molecular flexibility index (Phi) is 8.81. The third-order valence-corrected chi connectivity index (χ3v) is 4.75. The molecule has 0 saturated heterocycles. The zero-order valence-electron chi connectivity index (χ0n) is 12.5. The van der Waals surface area contributed by atoms with Gasteiger partial charge < -0.3 is 0 Å². The average Bonchev–Trinajstić information content (AvgIpc) is 2.88. The molecular weight excluding hydrogens is 252 g/mol. The van der Waals surface area contributed by atoms with Gasteiger partial charge in [-0.2, -0.15) is 0 Å².